The molecule has 0 fully saturated rings. The minimum absolute atomic E-state index is 0.304. The normalized spacial score (nSPS) is 12.7. The van der Waals surface area contributed by atoms with Crippen molar-refractivity contribution in [3.8, 4) is 5.75 Å². The highest BCUT2D eigenvalue weighted by molar-refractivity contribution is 5.28. The highest BCUT2D eigenvalue weighted by Gasteiger charge is 2.04. The van der Waals surface area contributed by atoms with Crippen molar-refractivity contribution < 1.29 is 9.84 Å². The molecule has 1 aromatic carbocycles. The molecule has 1 rings (SSSR count). The number of ether oxygens (including phenoxy) is 1. The lowest BCUT2D eigenvalue weighted by Gasteiger charge is -2.15. The third-order valence-electron chi connectivity index (χ3n) is 2.58. The van der Waals surface area contributed by atoms with E-state index < -0.39 is 6.23 Å². The summed E-state index contributed by atoms with van der Waals surface area (Å²) in [6, 6.07) is 8.28. The zero-order valence-corrected chi connectivity index (χ0v) is 11.4. The van der Waals surface area contributed by atoms with Crippen molar-refractivity contribution in [3.05, 3.63) is 29.8 Å². The molecule has 0 heterocycles. The lowest BCUT2D eigenvalue weighted by atomic mass is 10.2. The fourth-order valence-electron chi connectivity index (χ4n) is 1.72. The molecule has 0 amide bonds. The maximum Gasteiger partial charge on any atom is 0.119 e. The fraction of sp³-hybridized carbons (Fsp3) is 0.571. The van der Waals surface area contributed by atoms with Crippen LogP contribution in [-0.2, 0) is 6.54 Å². The summed E-state index contributed by atoms with van der Waals surface area (Å²) < 4.78 is 5.17. The van der Waals surface area contributed by atoms with E-state index in [0.717, 1.165) is 18.8 Å². The van der Waals surface area contributed by atoms with Crippen LogP contribution >= 0.6 is 0 Å². The molecule has 0 aliphatic carbocycles. The van der Waals surface area contributed by atoms with E-state index in [1.807, 2.05) is 32.0 Å². The Morgan fingerprint density at radius 1 is 1.33 bits per heavy atom. The molecule has 4 nitrogen and oxygen atoms in total. The second-order valence-electron chi connectivity index (χ2n) is 4.65. The van der Waals surface area contributed by atoms with Gasteiger partial charge in [0.2, 0.25) is 0 Å². The Kier molecular flexibility index (Phi) is 6.72. The maximum absolute atomic E-state index is 9.63. The van der Waals surface area contributed by atoms with Gasteiger partial charge in [0, 0.05) is 12.6 Å². The Hall–Kier alpha value is -1.10. The van der Waals surface area contributed by atoms with Crippen molar-refractivity contribution in [1.82, 2.24) is 10.6 Å². The van der Waals surface area contributed by atoms with Crippen molar-refractivity contribution in [2.45, 2.75) is 39.1 Å². The molecular formula is C14H24N2O2. The van der Waals surface area contributed by atoms with Crippen LogP contribution < -0.4 is 15.4 Å². The maximum atomic E-state index is 9.63. The van der Waals surface area contributed by atoms with E-state index in [1.165, 1.54) is 5.56 Å². The Morgan fingerprint density at radius 2 is 2.11 bits per heavy atom. The minimum Gasteiger partial charge on any atom is -0.497 e. The average molecular weight is 252 g/mol. The topological polar surface area (TPSA) is 53.5 Å². The number of hydrogen-bond acceptors (Lipinski definition) is 4. The second-order valence-corrected chi connectivity index (χ2v) is 4.65. The van der Waals surface area contributed by atoms with Gasteiger partial charge in [-0.25, -0.2) is 0 Å². The van der Waals surface area contributed by atoms with Crippen LogP contribution in [0.3, 0.4) is 0 Å². The predicted molar refractivity (Wildman–Crippen MR) is 73.6 cm³/mol. The average Bonchev–Trinajstić information content (AvgIpc) is 2.34. The highest BCUT2D eigenvalue weighted by atomic mass is 16.5. The van der Waals surface area contributed by atoms with Crippen LogP contribution in [-0.4, -0.2) is 31.0 Å². The Bertz CT molecular complexity index is 342. The van der Waals surface area contributed by atoms with E-state index in [1.54, 1.807) is 7.11 Å². The molecule has 0 aliphatic rings. The summed E-state index contributed by atoms with van der Waals surface area (Å²) in [6.07, 6.45) is 0.255. The van der Waals surface area contributed by atoms with Gasteiger partial charge in [0.05, 0.1) is 7.11 Å². The largest absolute Gasteiger partial charge is 0.497 e. The molecule has 0 aliphatic heterocycles. The van der Waals surface area contributed by atoms with Gasteiger partial charge in [-0.3, -0.25) is 5.32 Å². The minimum atomic E-state index is -0.442. The van der Waals surface area contributed by atoms with Crippen LogP contribution in [0.15, 0.2) is 24.3 Å². The molecule has 0 saturated carbocycles. The zero-order valence-electron chi connectivity index (χ0n) is 11.4. The second kappa shape index (κ2) is 8.08. The number of rotatable bonds is 8. The summed E-state index contributed by atoms with van der Waals surface area (Å²) in [7, 11) is 1.67. The van der Waals surface area contributed by atoms with Crippen LogP contribution in [0.5, 0.6) is 5.75 Å². The molecule has 1 aromatic rings. The number of hydrogen-bond donors (Lipinski definition) is 3. The molecule has 0 aromatic heterocycles. The van der Waals surface area contributed by atoms with Crippen LogP contribution in [0.2, 0.25) is 0 Å². The van der Waals surface area contributed by atoms with Crippen LogP contribution in [0, 0.1) is 0 Å². The summed E-state index contributed by atoms with van der Waals surface area (Å²) in [4.78, 5) is 0. The first-order chi connectivity index (χ1) is 8.61. The van der Waals surface area contributed by atoms with Crippen molar-refractivity contribution >= 4 is 0 Å². The molecule has 0 radical (unpaired) electrons. The van der Waals surface area contributed by atoms with E-state index in [2.05, 4.69) is 16.7 Å². The van der Waals surface area contributed by atoms with Crippen LogP contribution in [0.25, 0.3) is 0 Å². The first kappa shape index (κ1) is 15.0. The number of benzene rings is 1. The van der Waals surface area contributed by atoms with Gasteiger partial charge in [-0.05, 0) is 44.5 Å². The van der Waals surface area contributed by atoms with Gasteiger partial charge in [0.15, 0.2) is 0 Å². The van der Waals surface area contributed by atoms with E-state index in [4.69, 9.17) is 4.74 Å². The number of methoxy groups -OCH3 is 1. The summed E-state index contributed by atoms with van der Waals surface area (Å²) in [6.45, 7) is 5.60. The van der Waals surface area contributed by atoms with Crippen LogP contribution in [0.4, 0.5) is 0 Å². The lowest BCUT2D eigenvalue weighted by molar-refractivity contribution is 0.118. The molecule has 3 N–H and O–H groups in total. The van der Waals surface area contributed by atoms with Crippen molar-refractivity contribution in [1.29, 1.82) is 0 Å². The van der Waals surface area contributed by atoms with Crippen molar-refractivity contribution in [3.63, 3.8) is 0 Å². The van der Waals surface area contributed by atoms with Crippen molar-refractivity contribution in [2.24, 2.45) is 0 Å². The van der Waals surface area contributed by atoms with E-state index in [0.29, 0.717) is 12.5 Å². The Labute approximate surface area is 109 Å². The van der Waals surface area contributed by atoms with Gasteiger partial charge in [-0.2, -0.15) is 0 Å². The Morgan fingerprint density at radius 3 is 2.78 bits per heavy atom. The molecular weight excluding hydrogens is 228 g/mol. The van der Waals surface area contributed by atoms with Crippen LogP contribution in [0.1, 0.15) is 25.8 Å². The summed E-state index contributed by atoms with van der Waals surface area (Å²) >= 11 is 0. The molecule has 4 heteroatoms. The van der Waals surface area contributed by atoms with E-state index >= 15 is 0 Å². The number of aliphatic hydroxyl groups is 1. The van der Waals surface area contributed by atoms with Gasteiger partial charge >= 0.3 is 0 Å². The predicted octanol–water partition coefficient (Wildman–Crippen LogP) is 1.49. The molecule has 18 heavy (non-hydrogen) atoms. The summed E-state index contributed by atoms with van der Waals surface area (Å²) in [5.41, 5.74) is 1.18. The standard InChI is InChI=1S/C14H24N2O2/c1-11(2)16-14(17)7-8-15-10-12-5-4-6-13(9-12)18-3/h4-6,9,11,14-17H,7-8,10H2,1-3H3. The molecule has 0 spiro atoms. The quantitative estimate of drug-likeness (QED) is 0.485. The van der Waals surface area contributed by atoms with Gasteiger partial charge < -0.3 is 15.2 Å². The van der Waals surface area contributed by atoms with Gasteiger partial charge in [-0.15, -0.1) is 0 Å². The van der Waals surface area contributed by atoms with Gasteiger partial charge in [0.25, 0.3) is 0 Å². The molecule has 102 valence electrons. The SMILES string of the molecule is COc1cccc(CNCCC(O)NC(C)C)c1. The van der Waals surface area contributed by atoms with Crippen molar-refractivity contribution in [2.75, 3.05) is 13.7 Å². The first-order valence-corrected chi connectivity index (χ1v) is 6.39. The molecule has 0 saturated heterocycles. The number of aliphatic hydroxyl groups excluding tert-OH is 1. The lowest BCUT2D eigenvalue weighted by Crippen LogP contribution is -2.36. The van der Waals surface area contributed by atoms with E-state index in [9.17, 15) is 5.11 Å². The van der Waals surface area contributed by atoms with Gasteiger partial charge in [-0.1, -0.05) is 12.1 Å². The third kappa shape index (κ3) is 6.00. The fourth-order valence-corrected chi connectivity index (χ4v) is 1.72. The molecule has 1 unspecified atom stereocenters. The van der Waals surface area contributed by atoms with Gasteiger partial charge in [0.1, 0.15) is 12.0 Å². The summed E-state index contributed by atoms with van der Waals surface area (Å²) in [5, 5.41) is 16.0. The zero-order chi connectivity index (χ0) is 13.4. The smallest absolute Gasteiger partial charge is 0.119 e. The number of nitrogens with one attached hydrogen (secondary N) is 2. The Balaban J connectivity index is 2.21. The molecule has 1 atom stereocenters. The molecule has 0 bridgehead atoms. The first-order valence-electron chi connectivity index (χ1n) is 6.39. The monoisotopic (exact) mass is 252 g/mol. The van der Waals surface area contributed by atoms with E-state index in [-0.39, 0.29) is 0 Å². The third-order valence-corrected chi connectivity index (χ3v) is 2.58. The summed E-state index contributed by atoms with van der Waals surface area (Å²) in [5.74, 6) is 0.871. The highest BCUT2D eigenvalue weighted by Crippen LogP contribution is 2.11.